The first-order chi connectivity index (χ1) is 10.2. The smallest absolute Gasteiger partial charge is 0.110 e. The summed E-state index contributed by atoms with van der Waals surface area (Å²) in [5, 5.41) is 11.6. The molecular formula is C20H18O. The Kier molecular flexibility index (Phi) is 2.66. The second-order valence-corrected chi connectivity index (χ2v) is 6.05. The molecule has 1 aromatic carbocycles. The van der Waals surface area contributed by atoms with Gasteiger partial charge in [-0.15, -0.1) is 0 Å². The number of hydrogen-bond acceptors (Lipinski definition) is 1. The van der Waals surface area contributed by atoms with Crippen molar-refractivity contribution in [1.29, 1.82) is 0 Å². The summed E-state index contributed by atoms with van der Waals surface area (Å²) in [5.41, 5.74) is 3.85. The molecular weight excluding hydrogens is 256 g/mol. The van der Waals surface area contributed by atoms with Gasteiger partial charge in [-0.2, -0.15) is 0 Å². The van der Waals surface area contributed by atoms with Crippen LogP contribution >= 0.6 is 0 Å². The van der Waals surface area contributed by atoms with Crippen LogP contribution in [-0.2, 0) is 5.60 Å². The molecule has 3 unspecified atom stereocenters. The molecule has 4 rings (SSSR count). The molecule has 1 nitrogen and oxygen atoms in total. The Morgan fingerprint density at radius 2 is 1.67 bits per heavy atom. The highest BCUT2D eigenvalue weighted by molar-refractivity contribution is 5.57. The van der Waals surface area contributed by atoms with Crippen LogP contribution in [0.2, 0.25) is 0 Å². The minimum absolute atomic E-state index is 0.0241. The largest absolute Gasteiger partial charge is 0.383 e. The van der Waals surface area contributed by atoms with Crippen LogP contribution in [0.1, 0.15) is 12.5 Å². The van der Waals surface area contributed by atoms with Crippen LogP contribution in [0, 0.1) is 11.8 Å². The summed E-state index contributed by atoms with van der Waals surface area (Å²) in [4.78, 5) is 0. The molecule has 1 heteroatoms. The van der Waals surface area contributed by atoms with Gasteiger partial charge in [0.25, 0.3) is 0 Å². The molecule has 104 valence electrons. The molecule has 0 saturated carbocycles. The van der Waals surface area contributed by atoms with Crippen molar-refractivity contribution < 1.29 is 5.11 Å². The van der Waals surface area contributed by atoms with Gasteiger partial charge in [-0.25, -0.2) is 0 Å². The second kappa shape index (κ2) is 4.44. The van der Waals surface area contributed by atoms with Crippen LogP contribution in [-0.4, -0.2) is 5.11 Å². The van der Waals surface area contributed by atoms with E-state index in [1.807, 2.05) is 36.4 Å². The maximum absolute atomic E-state index is 11.6. The Morgan fingerprint density at radius 3 is 2.48 bits per heavy atom. The van der Waals surface area contributed by atoms with Crippen molar-refractivity contribution in [3.63, 3.8) is 0 Å². The molecule has 0 radical (unpaired) electrons. The monoisotopic (exact) mass is 274 g/mol. The summed E-state index contributed by atoms with van der Waals surface area (Å²) in [5.74, 6) is 0.0488. The van der Waals surface area contributed by atoms with E-state index in [4.69, 9.17) is 0 Å². The second-order valence-electron chi connectivity index (χ2n) is 6.05. The molecule has 0 bridgehead atoms. The molecule has 1 N–H and O–H groups in total. The quantitative estimate of drug-likeness (QED) is 0.819. The van der Waals surface area contributed by atoms with Gasteiger partial charge in [0.2, 0.25) is 0 Å². The van der Waals surface area contributed by atoms with Crippen LogP contribution in [0.5, 0.6) is 0 Å². The zero-order valence-corrected chi connectivity index (χ0v) is 12.0. The Bertz CT molecular complexity index is 730. The lowest BCUT2D eigenvalue weighted by Gasteiger charge is -2.36. The van der Waals surface area contributed by atoms with E-state index in [0.29, 0.717) is 0 Å². The Morgan fingerprint density at radius 1 is 0.905 bits per heavy atom. The number of allylic oxidation sites excluding steroid dienone is 6. The first kappa shape index (κ1) is 12.6. The average Bonchev–Trinajstić information content (AvgIpc) is 2.79. The molecule has 0 aliphatic heterocycles. The Balaban J connectivity index is 1.94. The third-order valence-electron chi connectivity index (χ3n) is 4.81. The van der Waals surface area contributed by atoms with Gasteiger partial charge in [0.15, 0.2) is 0 Å². The number of aliphatic hydroxyl groups is 1. The first-order valence-corrected chi connectivity index (χ1v) is 7.44. The molecule has 3 atom stereocenters. The highest BCUT2D eigenvalue weighted by Crippen LogP contribution is 2.55. The van der Waals surface area contributed by atoms with Gasteiger partial charge in [0, 0.05) is 11.8 Å². The van der Waals surface area contributed by atoms with Crippen molar-refractivity contribution in [3.8, 4) is 0 Å². The minimum atomic E-state index is -0.888. The van der Waals surface area contributed by atoms with Gasteiger partial charge in [0.1, 0.15) is 5.60 Å². The highest BCUT2D eigenvalue weighted by Gasteiger charge is 2.52. The fraction of sp³-hybridized carbons (Fsp3) is 0.200. The Labute approximate surface area is 125 Å². The summed E-state index contributed by atoms with van der Waals surface area (Å²) in [6, 6.07) is 10.1. The highest BCUT2D eigenvalue weighted by atomic mass is 16.3. The van der Waals surface area contributed by atoms with E-state index in [-0.39, 0.29) is 11.8 Å². The van der Waals surface area contributed by atoms with Crippen LogP contribution in [0.15, 0.2) is 89.6 Å². The van der Waals surface area contributed by atoms with Crippen molar-refractivity contribution in [2.24, 2.45) is 11.8 Å². The molecule has 1 aromatic rings. The van der Waals surface area contributed by atoms with Crippen molar-refractivity contribution in [2.75, 3.05) is 0 Å². The van der Waals surface area contributed by atoms with E-state index in [1.54, 1.807) is 0 Å². The summed E-state index contributed by atoms with van der Waals surface area (Å²) < 4.78 is 0. The predicted molar refractivity (Wildman–Crippen MR) is 85.5 cm³/mol. The van der Waals surface area contributed by atoms with E-state index >= 15 is 0 Å². The topological polar surface area (TPSA) is 20.2 Å². The molecule has 3 aliphatic rings. The number of benzene rings is 1. The van der Waals surface area contributed by atoms with Gasteiger partial charge >= 0.3 is 0 Å². The molecule has 0 heterocycles. The number of fused-ring (bicyclic) bond motifs is 2. The van der Waals surface area contributed by atoms with E-state index < -0.39 is 5.60 Å². The zero-order chi connectivity index (χ0) is 14.4. The lowest BCUT2D eigenvalue weighted by Crippen LogP contribution is -2.37. The molecule has 0 amide bonds. The molecule has 0 saturated heterocycles. The van der Waals surface area contributed by atoms with Gasteiger partial charge in [0.05, 0.1) is 0 Å². The van der Waals surface area contributed by atoms with Crippen LogP contribution in [0.4, 0.5) is 0 Å². The Hall–Kier alpha value is -2.12. The average molecular weight is 274 g/mol. The zero-order valence-electron chi connectivity index (χ0n) is 12.0. The maximum Gasteiger partial charge on any atom is 0.110 e. The van der Waals surface area contributed by atoms with Crippen molar-refractivity contribution in [3.05, 3.63) is 95.1 Å². The van der Waals surface area contributed by atoms with Crippen molar-refractivity contribution in [1.82, 2.24) is 0 Å². The van der Waals surface area contributed by atoms with Gasteiger partial charge in [-0.1, -0.05) is 78.4 Å². The van der Waals surface area contributed by atoms with E-state index in [1.165, 1.54) is 16.7 Å². The van der Waals surface area contributed by atoms with E-state index in [9.17, 15) is 5.11 Å². The molecule has 0 aromatic heterocycles. The van der Waals surface area contributed by atoms with E-state index in [0.717, 1.165) is 5.56 Å². The fourth-order valence-electron chi connectivity index (χ4n) is 3.84. The third kappa shape index (κ3) is 1.68. The van der Waals surface area contributed by atoms with Crippen LogP contribution in [0.25, 0.3) is 0 Å². The lowest BCUT2D eigenvalue weighted by atomic mass is 9.73. The van der Waals surface area contributed by atoms with Gasteiger partial charge in [-0.3, -0.25) is 0 Å². The summed E-state index contributed by atoms with van der Waals surface area (Å²) in [6.45, 7) is 2.11. The maximum atomic E-state index is 11.6. The summed E-state index contributed by atoms with van der Waals surface area (Å²) >= 11 is 0. The molecule has 3 aliphatic carbocycles. The molecule has 0 fully saturated rings. The number of rotatable bonds is 1. The van der Waals surface area contributed by atoms with E-state index in [2.05, 4.69) is 43.4 Å². The minimum Gasteiger partial charge on any atom is -0.383 e. The normalized spacial score (nSPS) is 33.0. The summed E-state index contributed by atoms with van der Waals surface area (Å²) in [6.07, 6.45) is 14.9. The van der Waals surface area contributed by atoms with Crippen LogP contribution in [0.3, 0.4) is 0 Å². The predicted octanol–water partition coefficient (Wildman–Crippen LogP) is 4.06. The van der Waals surface area contributed by atoms with Crippen molar-refractivity contribution >= 4 is 0 Å². The third-order valence-corrected chi connectivity index (χ3v) is 4.81. The number of hydrogen-bond donors (Lipinski definition) is 1. The van der Waals surface area contributed by atoms with Crippen molar-refractivity contribution in [2.45, 2.75) is 12.5 Å². The molecule has 0 spiro atoms. The van der Waals surface area contributed by atoms with Gasteiger partial charge < -0.3 is 5.11 Å². The first-order valence-electron chi connectivity index (χ1n) is 7.44. The molecule has 21 heavy (non-hydrogen) atoms. The van der Waals surface area contributed by atoms with Crippen LogP contribution < -0.4 is 0 Å². The lowest BCUT2D eigenvalue weighted by molar-refractivity contribution is -0.00730. The standard InChI is InChI=1S/C20H18O/c1-14-11-12-19-17(13-14)16-9-5-6-10-18(16)20(19,21)15-7-3-2-4-8-15/h2-13,18-19,21H,1H3. The SMILES string of the molecule is CC1=CC2=C3C=CC=CC3C(O)(c3ccccc3)C2C=C1. The fourth-order valence-corrected chi connectivity index (χ4v) is 3.84. The summed E-state index contributed by atoms with van der Waals surface area (Å²) in [7, 11) is 0. The van der Waals surface area contributed by atoms with Gasteiger partial charge in [-0.05, 0) is 23.6 Å².